The van der Waals surface area contributed by atoms with Crippen LogP contribution in [0.3, 0.4) is 0 Å². The summed E-state index contributed by atoms with van der Waals surface area (Å²) in [6, 6.07) is 4.98. The molecule has 0 aliphatic heterocycles. The second-order valence-electron chi connectivity index (χ2n) is 3.59. The largest absolute Gasteiger partial charge is 0.350 e. The number of carbonyl (C=O) groups excluding carboxylic acids is 1. The molecule has 0 aromatic carbocycles. The van der Waals surface area contributed by atoms with Crippen molar-refractivity contribution in [2.45, 2.75) is 6.42 Å². The summed E-state index contributed by atoms with van der Waals surface area (Å²) in [5.74, 6) is -0.463. The van der Waals surface area contributed by atoms with Crippen LogP contribution in [0.1, 0.15) is 15.4 Å². The summed E-state index contributed by atoms with van der Waals surface area (Å²) in [4.78, 5) is 39.1. The Morgan fingerprint density at radius 2 is 2.17 bits per heavy atom. The second-order valence-corrected chi connectivity index (χ2v) is 4.62. The summed E-state index contributed by atoms with van der Waals surface area (Å²) < 4.78 is 0. The van der Waals surface area contributed by atoms with E-state index in [1.807, 2.05) is 22.5 Å². The van der Waals surface area contributed by atoms with Crippen molar-refractivity contribution in [1.29, 1.82) is 0 Å². The van der Waals surface area contributed by atoms with Crippen molar-refractivity contribution in [2.75, 3.05) is 6.54 Å². The van der Waals surface area contributed by atoms with Gasteiger partial charge in [-0.1, -0.05) is 6.07 Å². The van der Waals surface area contributed by atoms with Crippen LogP contribution >= 0.6 is 11.3 Å². The molecule has 0 unspecified atom stereocenters. The van der Waals surface area contributed by atoms with Crippen LogP contribution in [0.5, 0.6) is 0 Å². The van der Waals surface area contributed by atoms with Crippen LogP contribution in [0, 0.1) is 0 Å². The van der Waals surface area contributed by atoms with Gasteiger partial charge in [0.25, 0.3) is 11.5 Å². The number of H-pyrrole nitrogens is 2. The molecule has 2 aromatic rings. The van der Waals surface area contributed by atoms with Crippen molar-refractivity contribution in [2.24, 2.45) is 0 Å². The number of carbonyl (C=O) groups is 1. The fraction of sp³-hybridized carbons (Fsp3) is 0.182. The maximum absolute atomic E-state index is 11.6. The lowest BCUT2D eigenvalue weighted by Gasteiger charge is -2.03. The van der Waals surface area contributed by atoms with E-state index < -0.39 is 17.2 Å². The third-order valence-corrected chi connectivity index (χ3v) is 3.18. The Hall–Kier alpha value is -2.15. The Morgan fingerprint density at radius 3 is 2.83 bits per heavy atom. The molecule has 3 N–H and O–H groups in total. The van der Waals surface area contributed by atoms with Crippen LogP contribution in [0.25, 0.3) is 0 Å². The molecule has 94 valence electrons. The monoisotopic (exact) mass is 265 g/mol. The van der Waals surface area contributed by atoms with Gasteiger partial charge < -0.3 is 10.3 Å². The van der Waals surface area contributed by atoms with Crippen LogP contribution in [0.2, 0.25) is 0 Å². The highest BCUT2D eigenvalue weighted by Crippen LogP contribution is 2.08. The second kappa shape index (κ2) is 5.46. The van der Waals surface area contributed by atoms with E-state index in [1.54, 1.807) is 11.3 Å². The highest BCUT2D eigenvalue weighted by Gasteiger charge is 2.07. The van der Waals surface area contributed by atoms with E-state index in [-0.39, 0.29) is 5.69 Å². The summed E-state index contributed by atoms with van der Waals surface area (Å²) in [6.45, 7) is 0.453. The van der Waals surface area contributed by atoms with Crippen molar-refractivity contribution in [3.05, 3.63) is 55.0 Å². The van der Waals surface area contributed by atoms with Crippen molar-refractivity contribution in [3.8, 4) is 0 Å². The van der Waals surface area contributed by atoms with E-state index in [4.69, 9.17) is 0 Å². The number of hydrogen-bond acceptors (Lipinski definition) is 4. The van der Waals surface area contributed by atoms with Gasteiger partial charge in [-0.3, -0.25) is 14.6 Å². The minimum atomic E-state index is -0.689. The number of aromatic nitrogens is 2. The molecule has 2 aromatic heterocycles. The summed E-state index contributed by atoms with van der Waals surface area (Å²) in [5, 5.41) is 4.60. The van der Waals surface area contributed by atoms with Crippen LogP contribution in [0.15, 0.2) is 33.2 Å². The minimum absolute atomic E-state index is 0.0325. The van der Waals surface area contributed by atoms with Crippen LogP contribution < -0.4 is 16.6 Å². The highest BCUT2D eigenvalue weighted by atomic mass is 32.1. The summed E-state index contributed by atoms with van der Waals surface area (Å²) >= 11 is 1.61. The average molecular weight is 265 g/mol. The van der Waals surface area contributed by atoms with Crippen molar-refractivity contribution >= 4 is 17.2 Å². The first-order valence-corrected chi connectivity index (χ1v) is 6.17. The topological polar surface area (TPSA) is 94.8 Å². The maximum Gasteiger partial charge on any atom is 0.326 e. The fourth-order valence-corrected chi connectivity index (χ4v) is 2.15. The number of aromatic amines is 2. The van der Waals surface area contributed by atoms with E-state index in [0.717, 1.165) is 17.4 Å². The molecule has 0 radical (unpaired) electrons. The van der Waals surface area contributed by atoms with Gasteiger partial charge in [0.05, 0.1) is 0 Å². The SMILES string of the molecule is O=C(NCCc1cccs1)c1cc(=O)[nH]c(=O)[nH]1. The Kier molecular flexibility index (Phi) is 3.73. The molecular formula is C11H11N3O3S. The van der Waals surface area contributed by atoms with Gasteiger partial charge in [0, 0.05) is 17.5 Å². The molecule has 0 atom stereocenters. The number of amides is 1. The lowest BCUT2D eigenvalue weighted by atomic mass is 10.3. The molecule has 1 amide bonds. The first kappa shape index (κ1) is 12.3. The fourth-order valence-electron chi connectivity index (χ4n) is 1.44. The third-order valence-electron chi connectivity index (χ3n) is 2.24. The Bertz CT molecular complexity index is 614. The number of hydrogen-bond donors (Lipinski definition) is 3. The molecule has 0 bridgehead atoms. The van der Waals surface area contributed by atoms with Crippen LogP contribution in [-0.2, 0) is 6.42 Å². The van der Waals surface area contributed by atoms with E-state index >= 15 is 0 Å². The zero-order chi connectivity index (χ0) is 13.0. The van der Waals surface area contributed by atoms with Crippen molar-refractivity contribution in [1.82, 2.24) is 15.3 Å². The summed E-state index contributed by atoms with van der Waals surface area (Å²) in [5.41, 5.74) is -1.32. The van der Waals surface area contributed by atoms with Gasteiger partial charge in [-0.05, 0) is 17.9 Å². The average Bonchev–Trinajstić information content (AvgIpc) is 2.80. The van der Waals surface area contributed by atoms with Crippen molar-refractivity contribution in [3.63, 3.8) is 0 Å². The molecule has 0 fully saturated rings. The predicted octanol–water partition coefficient (Wildman–Crippen LogP) is 0.0972. The third kappa shape index (κ3) is 3.17. The molecule has 0 spiro atoms. The number of rotatable bonds is 4. The van der Waals surface area contributed by atoms with E-state index in [1.165, 1.54) is 0 Å². The van der Waals surface area contributed by atoms with Crippen LogP contribution in [0.4, 0.5) is 0 Å². The maximum atomic E-state index is 11.6. The Morgan fingerprint density at radius 1 is 1.33 bits per heavy atom. The van der Waals surface area contributed by atoms with Gasteiger partial charge in [0.2, 0.25) is 0 Å². The Labute approximate surface area is 106 Å². The van der Waals surface area contributed by atoms with Crippen LogP contribution in [-0.4, -0.2) is 22.4 Å². The van der Waals surface area contributed by atoms with E-state index in [2.05, 4.69) is 10.3 Å². The molecular weight excluding hydrogens is 254 g/mol. The first-order valence-electron chi connectivity index (χ1n) is 5.29. The quantitative estimate of drug-likeness (QED) is 0.731. The lowest BCUT2D eigenvalue weighted by molar-refractivity contribution is 0.0948. The molecule has 6 nitrogen and oxygen atoms in total. The Balaban J connectivity index is 1.95. The van der Waals surface area contributed by atoms with Gasteiger partial charge in [-0.2, -0.15) is 0 Å². The zero-order valence-electron chi connectivity index (χ0n) is 9.36. The normalized spacial score (nSPS) is 10.2. The van der Waals surface area contributed by atoms with Gasteiger partial charge >= 0.3 is 5.69 Å². The molecule has 0 aliphatic carbocycles. The molecule has 0 aliphatic rings. The summed E-state index contributed by atoms with van der Waals surface area (Å²) in [7, 11) is 0. The van der Waals surface area contributed by atoms with Gasteiger partial charge in [-0.25, -0.2) is 4.79 Å². The standard InChI is InChI=1S/C11H11N3O3S/c15-9-6-8(13-11(17)14-9)10(16)12-4-3-7-2-1-5-18-7/h1-2,5-6H,3-4H2,(H,12,16)(H2,13,14,15,17). The molecule has 7 heteroatoms. The lowest BCUT2D eigenvalue weighted by Crippen LogP contribution is -2.31. The molecule has 2 rings (SSSR count). The number of thiophene rings is 1. The summed E-state index contributed by atoms with van der Waals surface area (Å²) in [6.07, 6.45) is 0.719. The molecule has 2 heterocycles. The van der Waals surface area contributed by atoms with Gasteiger partial charge in [-0.15, -0.1) is 11.3 Å². The smallest absolute Gasteiger partial charge is 0.326 e. The predicted molar refractivity (Wildman–Crippen MR) is 68.0 cm³/mol. The first-order chi connectivity index (χ1) is 8.65. The van der Waals surface area contributed by atoms with Gasteiger partial charge in [0.15, 0.2) is 0 Å². The molecule has 18 heavy (non-hydrogen) atoms. The molecule has 0 saturated carbocycles. The van der Waals surface area contributed by atoms with Gasteiger partial charge in [0.1, 0.15) is 5.69 Å². The number of nitrogens with one attached hydrogen (secondary N) is 3. The van der Waals surface area contributed by atoms with E-state index in [0.29, 0.717) is 6.54 Å². The van der Waals surface area contributed by atoms with Crippen molar-refractivity contribution < 1.29 is 4.79 Å². The molecule has 0 saturated heterocycles. The highest BCUT2D eigenvalue weighted by molar-refractivity contribution is 7.09. The zero-order valence-corrected chi connectivity index (χ0v) is 10.2. The minimum Gasteiger partial charge on any atom is -0.350 e. The van der Waals surface area contributed by atoms with E-state index in [9.17, 15) is 14.4 Å².